The number of amidine groups is 1. The molecule has 0 aromatic heterocycles. The van der Waals surface area contributed by atoms with Crippen molar-refractivity contribution in [1.29, 1.82) is 0 Å². The fraction of sp³-hybridized carbons (Fsp3) is 0.364. The van der Waals surface area contributed by atoms with Gasteiger partial charge in [-0.3, -0.25) is 0 Å². The van der Waals surface area contributed by atoms with Gasteiger partial charge in [-0.25, -0.2) is 17.7 Å². The van der Waals surface area contributed by atoms with E-state index in [-0.39, 0.29) is 16.7 Å². The number of fused-ring (bicyclic) bond motifs is 1. The van der Waals surface area contributed by atoms with Gasteiger partial charge in [0, 0.05) is 6.54 Å². The van der Waals surface area contributed by atoms with Crippen molar-refractivity contribution in [3.63, 3.8) is 0 Å². The van der Waals surface area contributed by atoms with Crippen LogP contribution < -0.4 is 0 Å². The Bertz CT molecular complexity index is 608. The van der Waals surface area contributed by atoms with Gasteiger partial charge in [-0.15, -0.1) is 0 Å². The average molecular weight is 273 g/mol. The van der Waals surface area contributed by atoms with Crippen LogP contribution in [0.3, 0.4) is 0 Å². The van der Waals surface area contributed by atoms with Crippen LogP contribution in [0.2, 0.25) is 0 Å². The van der Waals surface area contributed by atoms with Crippen molar-refractivity contribution in [1.82, 2.24) is 4.31 Å². The minimum atomic E-state index is -3.55. The maximum absolute atomic E-state index is 12.3. The lowest BCUT2D eigenvalue weighted by Crippen LogP contribution is -2.36. The molecule has 0 saturated carbocycles. The number of hydrogen-bond donors (Lipinski definition) is 0. The zero-order valence-corrected chi connectivity index (χ0v) is 11.4. The fourth-order valence-corrected chi connectivity index (χ4v) is 3.77. The third-order valence-corrected chi connectivity index (χ3v) is 5.22. The molecule has 17 heavy (non-hydrogen) atoms. The second-order valence-corrected chi connectivity index (χ2v) is 6.07. The van der Waals surface area contributed by atoms with Crippen LogP contribution in [-0.4, -0.2) is 24.6 Å². The Morgan fingerprint density at radius 3 is 2.59 bits per heavy atom. The minimum absolute atomic E-state index is 0.00806. The molecule has 0 spiro atoms. The Balaban J connectivity index is 2.81. The second-order valence-electron chi connectivity index (χ2n) is 3.90. The van der Waals surface area contributed by atoms with Gasteiger partial charge in [-0.1, -0.05) is 6.07 Å². The zero-order chi connectivity index (χ0) is 12.8. The molecule has 1 aromatic rings. The second kappa shape index (κ2) is 3.99. The fourth-order valence-electron chi connectivity index (χ4n) is 1.79. The summed E-state index contributed by atoms with van der Waals surface area (Å²) in [7, 11) is -3.55. The Labute approximate surface area is 106 Å². The molecular weight excluding hydrogens is 260 g/mol. The van der Waals surface area contributed by atoms with Gasteiger partial charge in [0.05, 0.1) is 5.69 Å². The molecule has 0 N–H and O–H groups in total. The lowest BCUT2D eigenvalue weighted by Gasteiger charge is -2.26. The number of sulfonamides is 1. The van der Waals surface area contributed by atoms with Gasteiger partial charge >= 0.3 is 0 Å². The van der Waals surface area contributed by atoms with E-state index >= 15 is 0 Å². The molecular formula is C11H13ClN2O2S. The summed E-state index contributed by atoms with van der Waals surface area (Å²) >= 11 is 5.92. The summed E-state index contributed by atoms with van der Waals surface area (Å²) in [6.45, 7) is 5.76. The molecule has 6 heteroatoms. The van der Waals surface area contributed by atoms with E-state index in [0.717, 1.165) is 15.4 Å². The van der Waals surface area contributed by atoms with Crippen molar-refractivity contribution in [2.45, 2.75) is 25.7 Å². The van der Waals surface area contributed by atoms with E-state index in [1.165, 1.54) is 0 Å². The van der Waals surface area contributed by atoms with E-state index in [2.05, 4.69) is 4.99 Å². The van der Waals surface area contributed by atoms with Crippen LogP contribution in [0.4, 0.5) is 5.69 Å². The standard InChI is InChI=1S/C11H13ClN2O2S/c1-4-14-11(12)13-10-8(3)7(2)5-6-9(10)17(14,15)16/h5-6H,4H2,1-3H3. The summed E-state index contributed by atoms with van der Waals surface area (Å²) in [6, 6.07) is 3.37. The van der Waals surface area contributed by atoms with Gasteiger partial charge in [0.1, 0.15) is 4.90 Å². The third kappa shape index (κ3) is 1.73. The lowest BCUT2D eigenvalue weighted by molar-refractivity contribution is 0.532. The molecule has 0 unspecified atom stereocenters. The van der Waals surface area contributed by atoms with Crippen LogP contribution >= 0.6 is 11.6 Å². The van der Waals surface area contributed by atoms with Crippen LogP contribution in [0.15, 0.2) is 22.0 Å². The summed E-state index contributed by atoms with van der Waals surface area (Å²) in [6.07, 6.45) is 0. The first kappa shape index (κ1) is 12.4. The minimum Gasteiger partial charge on any atom is -0.240 e. The number of nitrogens with zero attached hydrogens (tertiary/aromatic N) is 2. The number of aliphatic imine (C=N–C) groups is 1. The lowest BCUT2D eigenvalue weighted by atomic mass is 10.1. The van der Waals surface area contributed by atoms with Crippen molar-refractivity contribution in [3.8, 4) is 0 Å². The normalized spacial score (nSPS) is 17.6. The third-order valence-electron chi connectivity index (χ3n) is 2.93. The number of halogens is 1. The molecule has 0 atom stereocenters. The molecule has 0 saturated heterocycles. The largest absolute Gasteiger partial charge is 0.268 e. The van der Waals surface area contributed by atoms with Gasteiger partial charge in [0.2, 0.25) is 5.29 Å². The van der Waals surface area contributed by atoms with E-state index in [9.17, 15) is 8.42 Å². The highest BCUT2D eigenvalue weighted by Crippen LogP contribution is 2.36. The van der Waals surface area contributed by atoms with Gasteiger partial charge in [0.15, 0.2) is 0 Å². The highest BCUT2D eigenvalue weighted by molar-refractivity contribution is 7.90. The molecule has 0 bridgehead atoms. The molecule has 1 aromatic carbocycles. The van der Waals surface area contributed by atoms with E-state index in [1.807, 2.05) is 13.8 Å². The SMILES string of the molecule is CCN1C(Cl)=Nc2c(ccc(C)c2C)S1(=O)=O. The summed E-state index contributed by atoms with van der Waals surface area (Å²) in [5.74, 6) is 0. The maximum atomic E-state index is 12.3. The molecule has 2 rings (SSSR count). The van der Waals surface area contributed by atoms with Crippen molar-refractivity contribution in [3.05, 3.63) is 23.3 Å². The molecule has 4 nitrogen and oxygen atoms in total. The van der Waals surface area contributed by atoms with Crippen molar-refractivity contribution >= 4 is 32.6 Å². The average Bonchev–Trinajstić information content (AvgIpc) is 2.24. The maximum Gasteiger partial charge on any atom is 0.268 e. The van der Waals surface area contributed by atoms with E-state index in [4.69, 9.17) is 11.6 Å². The molecule has 0 fully saturated rings. The Kier molecular flexibility index (Phi) is 2.91. The quantitative estimate of drug-likeness (QED) is 0.738. The summed E-state index contributed by atoms with van der Waals surface area (Å²) in [4.78, 5) is 4.41. The predicted octanol–water partition coefficient (Wildman–Crippen LogP) is 2.55. The van der Waals surface area contributed by atoms with Crippen LogP contribution in [0.5, 0.6) is 0 Å². The van der Waals surface area contributed by atoms with Crippen molar-refractivity contribution in [2.24, 2.45) is 4.99 Å². The number of hydrogen-bond acceptors (Lipinski definition) is 3. The summed E-state index contributed by atoms with van der Waals surface area (Å²) < 4.78 is 25.6. The van der Waals surface area contributed by atoms with Gasteiger partial charge in [0.25, 0.3) is 10.0 Å². The number of aryl methyl sites for hydroxylation is 1. The zero-order valence-electron chi connectivity index (χ0n) is 9.86. The first-order valence-corrected chi connectivity index (χ1v) is 7.08. The van der Waals surface area contributed by atoms with E-state index < -0.39 is 10.0 Å². The highest BCUT2D eigenvalue weighted by Gasteiger charge is 2.33. The van der Waals surface area contributed by atoms with Crippen LogP contribution in [-0.2, 0) is 10.0 Å². The highest BCUT2D eigenvalue weighted by atomic mass is 35.5. The first-order chi connectivity index (χ1) is 7.89. The monoisotopic (exact) mass is 272 g/mol. The Morgan fingerprint density at radius 2 is 2.00 bits per heavy atom. The molecule has 1 aliphatic rings. The predicted molar refractivity (Wildman–Crippen MR) is 68.4 cm³/mol. The Morgan fingerprint density at radius 1 is 1.35 bits per heavy atom. The molecule has 0 radical (unpaired) electrons. The molecule has 1 aliphatic heterocycles. The molecule has 0 amide bonds. The number of benzene rings is 1. The van der Waals surface area contributed by atoms with Crippen LogP contribution in [0.1, 0.15) is 18.1 Å². The molecule has 92 valence electrons. The Hall–Kier alpha value is -1.07. The van der Waals surface area contributed by atoms with E-state index in [1.54, 1.807) is 19.1 Å². The van der Waals surface area contributed by atoms with E-state index in [0.29, 0.717) is 5.69 Å². The summed E-state index contributed by atoms with van der Waals surface area (Å²) in [5.41, 5.74) is 2.30. The summed E-state index contributed by atoms with van der Waals surface area (Å²) in [5, 5.41) is 0.00806. The first-order valence-electron chi connectivity index (χ1n) is 5.26. The van der Waals surface area contributed by atoms with Gasteiger partial charge in [-0.05, 0) is 49.6 Å². The van der Waals surface area contributed by atoms with Gasteiger partial charge in [-0.2, -0.15) is 0 Å². The van der Waals surface area contributed by atoms with Crippen molar-refractivity contribution in [2.75, 3.05) is 6.54 Å². The molecule has 1 heterocycles. The van der Waals surface area contributed by atoms with Crippen LogP contribution in [0, 0.1) is 13.8 Å². The number of rotatable bonds is 1. The molecule has 0 aliphatic carbocycles. The smallest absolute Gasteiger partial charge is 0.240 e. The topological polar surface area (TPSA) is 49.7 Å². The van der Waals surface area contributed by atoms with Crippen molar-refractivity contribution < 1.29 is 8.42 Å². The van der Waals surface area contributed by atoms with Gasteiger partial charge < -0.3 is 0 Å². The van der Waals surface area contributed by atoms with Crippen LogP contribution in [0.25, 0.3) is 0 Å².